The van der Waals surface area contributed by atoms with Gasteiger partial charge in [-0.25, -0.2) is 0 Å². The van der Waals surface area contributed by atoms with Crippen LogP contribution in [0.2, 0.25) is 0 Å². The normalized spacial score (nSPS) is 18.1. The molecule has 0 aliphatic carbocycles. The van der Waals surface area contributed by atoms with Crippen LogP contribution >= 0.6 is 11.3 Å². The fourth-order valence-corrected chi connectivity index (χ4v) is 4.19. The first kappa shape index (κ1) is 16.4. The van der Waals surface area contributed by atoms with Crippen molar-refractivity contribution < 1.29 is 14.3 Å². The number of carbonyl (C=O) groups is 1. The fourth-order valence-electron chi connectivity index (χ4n) is 3.48. The van der Waals surface area contributed by atoms with Crippen LogP contribution in [0.4, 0.5) is 0 Å². The van der Waals surface area contributed by atoms with Gasteiger partial charge in [0.15, 0.2) is 11.5 Å². The summed E-state index contributed by atoms with van der Waals surface area (Å²) in [7, 11) is 0. The van der Waals surface area contributed by atoms with Gasteiger partial charge in [0.1, 0.15) is 0 Å². The van der Waals surface area contributed by atoms with Gasteiger partial charge in [0.25, 0.3) is 5.91 Å². The summed E-state index contributed by atoms with van der Waals surface area (Å²) in [5.74, 6) is 1.26. The Labute approximate surface area is 151 Å². The molecule has 1 aromatic carbocycles. The summed E-state index contributed by atoms with van der Waals surface area (Å²) >= 11 is 1.71. The minimum atomic E-state index is -0.0736. The molecule has 1 aromatic heterocycles. The van der Waals surface area contributed by atoms with Gasteiger partial charge < -0.3 is 14.8 Å². The van der Waals surface area contributed by atoms with E-state index in [9.17, 15) is 4.79 Å². The molecule has 1 fully saturated rings. The number of hydrogen-bond acceptors (Lipinski definition) is 5. The Morgan fingerprint density at radius 1 is 1.16 bits per heavy atom. The molecular formula is C19H22N2O3S. The Morgan fingerprint density at radius 2 is 2.00 bits per heavy atom. The van der Waals surface area contributed by atoms with E-state index < -0.39 is 0 Å². The number of rotatable bonds is 5. The number of carbonyl (C=O) groups excluding carboxylic acids is 1. The molecule has 2 aromatic rings. The summed E-state index contributed by atoms with van der Waals surface area (Å²) in [4.78, 5) is 15.1. The third-order valence-corrected chi connectivity index (χ3v) is 5.55. The Hall–Kier alpha value is -2.05. The number of amides is 1. The van der Waals surface area contributed by atoms with E-state index in [1.54, 1.807) is 29.5 Å². The summed E-state index contributed by atoms with van der Waals surface area (Å²) < 4.78 is 10.7. The Balaban J connectivity index is 1.44. The monoisotopic (exact) mass is 358 g/mol. The van der Waals surface area contributed by atoms with Crippen molar-refractivity contribution in [1.29, 1.82) is 0 Å². The molecule has 25 heavy (non-hydrogen) atoms. The molecule has 1 unspecified atom stereocenters. The average Bonchev–Trinajstić information content (AvgIpc) is 3.34. The fraction of sp³-hybridized carbons (Fsp3) is 0.421. The first-order valence-electron chi connectivity index (χ1n) is 8.75. The molecule has 3 heterocycles. The van der Waals surface area contributed by atoms with Gasteiger partial charge >= 0.3 is 0 Å². The van der Waals surface area contributed by atoms with Crippen molar-refractivity contribution in [3.63, 3.8) is 0 Å². The number of likely N-dealkylation sites (tertiary alicyclic amines) is 1. The molecule has 2 aliphatic heterocycles. The van der Waals surface area contributed by atoms with Crippen molar-refractivity contribution >= 4 is 17.2 Å². The zero-order valence-electron chi connectivity index (χ0n) is 14.1. The summed E-state index contributed by atoms with van der Waals surface area (Å²) in [6.45, 7) is 3.03. The predicted octanol–water partition coefficient (Wildman–Crippen LogP) is 3.43. The lowest BCUT2D eigenvalue weighted by atomic mass is 10.0. The molecule has 4 rings (SSSR count). The minimum Gasteiger partial charge on any atom is -0.454 e. The smallest absolute Gasteiger partial charge is 0.251 e. The van der Waals surface area contributed by atoms with Crippen LogP contribution in [0.15, 0.2) is 35.0 Å². The van der Waals surface area contributed by atoms with Crippen LogP contribution in [0.3, 0.4) is 0 Å². The van der Waals surface area contributed by atoms with Crippen LogP contribution < -0.4 is 14.8 Å². The molecule has 0 spiro atoms. The predicted molar refractivity (Wildman–Crippen MR) is 97.4 cm³/mol. The van der Waals surface area contributed by atoms with E-state index in [4.69, 9.17) is 9.47 Å². The van der Waals surface area contributed by atoms with Gasteiger partial charge in [-0.2, -0.15) is 11.3 Å². The largest absolute Gasteiger partial charge is 0.454 e. The van der Waals surface area contributed by atoms with Crippen molar-refractivity contribution in [2.24, 2.45) is 0 Å². The third-order valence-electron chi connectivity index (χ3n) is 4.85. The molecule has 1 atom stereocenters. The SMILES string of the molecule is O=C(NCC(c1ccsc1)N1CCCCC1)c1ccc2c(c1)OCO2. The highest BCUT2D eigenvalue weighted by molar-refractivity contribution is 7.07. The van der Waals surface area contributed by atoms with Crippen LogP contribution in [0.25, 0.3) is 0 Å². The van der Waals surface area contributed by atoms with Crippen LogP contribution in [0.5, 0.6) is 11.5 Å². The van der Waals surface area contributed by atoms with Gasteiger partial charge in [-0.05, 0) is 66.5 Å². The third kappa shape index (κ3) is 3.65. The van der Waals surface area contributed by atoms with Crippen LogP contribution in [0, 0.1) is 0 Å². The van der Waals surface area contributed by atoms with E-state index in [0.717, 1.165) is 13.1 Å². The molecule has 0 bridgehead atoms. The number of thiophene rings is 1. The molecule has 1 amide bonds. The van der Waals surface area contributed by atoms with E-state index in [1.165, 1.54) is 24.8 Å². The molecule has 5 nitrogen and oxygen atoms in total. The Kier molecular flexibility index (Phi) is 4.90. The highest BCUT2D eigenvalue weighted by Crippen LogP contribution is 2.32. The minimum absolute atomic E-state index is 0.0736. The number of benzene rings is 1. The summed E-state index contributed by atoms with van der Waals surface area (Å²) in [6.07, 6.45) is 3.77. The lowest BCUT2D eigenvalue weighted by Crippen LogP contribution is -2.40. The summed E-state index contributed by atoms with van der Waals surface area (Å²) in [5.41, 5.74) is 1.89. The van der Waals surface area contributed by atoms with Gasteiger partial charge in [0.05, 0.1) is 6.04 Å². The van der Waals surface area contributed by atoms with Gasteiger partial charge in [-0.15, -0.1) is 0 Å². The van der Waals surface area contributed by atoms with Gasteiger partial charge in [0, 0.05) is 12.1 Å². The molecule has 6 heteroatoms. The molecule has 1 saturated heterocycles. The van der Waals surface area contributed by atoms with Gasteiger partial charge in [-0.1, -0.05) is 6.42 Å². The maximum Gasteiger partial charge on any atom is 0.251 e. The highest BCUT2D eigenvalue weighted by Gasteiger charge is 2.24. The van der Waals surface area contributed by atoms with Crippen molar-refractivity contribution in [1.82, 2.24) is 10.2 Å². The van der Waals surface area contributed by atoms with Crippen molar-refractivity contribution in [2.45, 2.75) is 25.3 Å². The molecule has 0 radical (unpaired) electrons. The Bertz CT molecular complexity index is 726. The van der Waals surface area contributed by atoms with Crippen molar-refractivity contribution in [2.75, 3.05) is 26.4 Å². The average molecular weight is 358 g/mol. The molecule has 1 N–H and O–H groups in total. The lowest BCUT2D eigenvalue weighted by Gasteiger charge is -2.34. The van der Waals surface area contributed by atoms with Gasteiger partial charge in [-0.3, -0.25) is 9.69 Å². The van der Waals surface area contributed by atoms with E-state index in [1.807, 2.05) is 0 Å². The van der Waals surface area contributed by atoms with Crippen LogP contribution in [-0.4, -0.2) is 37.2 Å². The maximum absolute atomic E-state index is 12.6. The first-order chi connectivity index (χ1) is 12.3. The quantitative estimate of drug-likeness (QED) is 0.890. The van der Waals surface area contributed by atoms with E-state index in [2.05, 4.69) is 27.0 Å². The highest BCUT2D eigenvalue weighted by atomic mass is 32.1. The lowest BCUT2D eigenvalue weighted by molar-refractivity contribution is 0.0924. The summed E-state index contributed by atoms with van der Waals surface area (Å²) in [5, 5.41) is 7.39. The molecule has 0 saturated carbocycles. The zero-order valence-corrected chi connectivity index (χ0v) is 14.9. The number of hydrogen-bond donors (Lipinski definition) is 1. The number of nitrogens with zero attached hydrogens (tertiary/aromatic N) is 1. The summed E-state index contributed by atoms with van der Waals surface area (Å²) in [6, 6.07) is 7.72. The number of nitrogens with one attached hydrogen (secondary N) is 1. The number of ether oxygens (including phenoxy) is 2. The molecular weight excluding hydrogens is 336 g/mol. The van der Waals surface area contributed by atoms with E-state index >= 15 is 0 Å². The Morgan fingerprint density at radius 3 is 2.80 bits per heavy atom. The zero-order chi connectivity index (χ0) is 17.1. The van der Waals surface area contributed by atoms with Gasteiger partial charge in [0.2, 0.25) is 6.79 Å². The molecule has 2 aliphatic rings. The van der Waals surface area contributed by atoms with Crippen LogP contribution in [-0.2, 0) is 0 Å². The van der Waals surface area contributed by atoms with Crippen molar-refractivity contribution in [3.8, 4) is 11.5 Å². The first-order valence-corrected chi connectivity index (χ1v) is 9.69. The van der Waals surface area contributed by atoms with E-state index in [0.29, 0.717) is 23.6 Å². The topological polar surface area (TPSA) is 50.8 Å². The molecule has 132 valence electrons. The number of piperidine rings is 1. The second-order valence-electron chi connectivity index (χ2n) is 6.45. The van der Waals surface area contributed by atoms with Crippen LogP contribution in [0.1, 0.15) is 41.2 Å². The second kappa shape index (κ2) is 7.45. The van der Waals surface area contributed by atoms with E-state index in [-0.39, 0.29) is 18.7 Å². The second-order valence-corrected chi connectivity index (χ2v) is 7.23. The number of fused-ring (bicyclic) bond motifs is 1. The van der Waals surface area contributed by atoms with Crippen molar-refractivity contribution in [3.05, 3.63) is 46.2 Å². The maximum atomic E-state index is 12.6. The standard InChI is InChI=1S/C19H22N2O3S/c22-19(14-4-5-17-18(10-14)24-13-23-17)20-11-16(15-6-9-25-12-15)21-7-2-1-3-8-21/h4-6,9-10,12,16H,1-3,7-8,11,13H2,(H,20,22).